The van der Waals surface area contributed by atoms with Gasteiger partial charge in [-0.2, -0.15) is 0 Å². The second-order valence-electron chi connectivity index (χ2n) is 5.24. The smallest absolute Gasteiger partial charge is 0.203 e. The van der Waals surface area contributed by atoms with Crippen LogP contribution >= 0.6 is 0 Å². The molecule has 18 heavy (non-hydrogen) atoms. The van der Waals surface area contributed by atoms with Gasteiger partial charge in [-0.3, -0.25) is 0 Å². The molecule has 0 radical (unpaired) electrons. The van der Waals surface area contributed by atoms with Gasteiger partial charge in [0.15, 0.2) is 0 Å². The zero-order chi connectivity index (χ0) is 13.0. The number of nitrogens with zero attached hydrogens (tertiary/aromatic N) is 2. The second kappa shape index (κ2) is 6.23. The van der Waals surface area contributed by atoms with Crippen LogP contribution < -0.4 is 5.32 Å². The van der Waals surface area contributed by atoms with Gasteiger partial charge in [0.05, 0.1) is 17.8 Å². The van der Waals surface area contributed by atoms with E-state index < -0.39 is 0 Å². The fraction of sp³-hybridized carbons (Fsp3) is 0.786. The van der Waals surface area contributed by atoms with Gasteiger partial charge in [-0.1, -0.05) is 13.3 Å². The molecule has 102 valence electrons. The van der Waals surface area contributed by atoms with Gasteiger partial charge < -0.3 is 14.6 Å². The molecule has 0 spiro atoms. The maximum Gasteiger partial charge on any atom is 0.203 e. The first-order valence-corrected chi connectivity index (χ1v) is 7.12. The number of aryl methyl sites for hydroxylation is 2. The Bertz CT molecular complexity index is 369. The summed E-state index contributed by atoms with van der Waals surface area (Å²) in [7, 11) is 0. The number of imidazole rings is 1. The first-order valence-electron chi connectivity index (χ1n) is 7.12. The minimum absolute atomic E-state index is 0.328. The summed E-state index contributed by atoms with van der Waals surface area (Å²) in [5.74, 6) is 0.990. The van der Waals surface area contributed by atoms with Crippen molar-refractivity contribution in [1.82, 2.24) is 9.55 Å². The Hall–Kier alpha value is -1.03. The molecule has 4 nitrogen and oxygen atoms in total. The molecule has 4 heteroatoms. The molecule has 2 rings (SSSR count). The fourth-order valence-electron chi connectivity index (χ4n) is 2.45. The quantitative estimate of drug-likeness (QED) is 0.845. The monoisotopic (exact) mass is 251 g/mol. The summed E-state index contributed by atoms with van der Waals surface area (Å²) in [6.07, 6.45) is 7.20. The molecule has 1 aliphatic heterocycles. The van der Waals surface area contributed by atoms with Crippen LogP contribution in [0.5, 0.6) is 0 Å². The predicted molar refractivity (Wildman–Crippen MR) is 73.9 cm³/mol. The molecule has 0 aliphatic carbocycles. The number of hydrogen-bond donors (Lipinski definition) is 1. The van der Waals surface area contributed by atoms with E-state index in [9.17, 15) is 0 Å². The number of unbranched alkanes of at least 4 members (excludes halogenated alkanes) is 1. The van der Waals surface area contributed by atoms with Crippen molar-refractivity contribution >= 4 is 5.95 Å². The van der Waals surface area contributed by atoms with E-state index >= 15 is 0 Å². The van der Waals surface area contributed by atoms with Crippen LogP contribution in [0.1, 0.15) is 45.2 Å². The van der Waals surface area contributed by atoms with Crippen molar-refractivity contribution in [2.75, 3.05) is 11.9 Å². The highest BCUT2D eigenvalue weighted by Crippen LogP contribution is 2.19. The molecule has 0 bridgehead atoms. The Morgan fingerprint density at radius 2 is 2.44 bits per heavy atom. The van der Waals surface area contributed by atoms with Crippen LogP contribution in [0.2, 0.25) is 0 Å². The third-order valence-electron chi connectivity index (χ3n) is 3.53. The summed E-state index contributed by atoms with van der Waals surface area (Å²) < 4.78 is 7.94. The Morgan fingerprint density at radius 1 is 1.61 bits per heavy atom. The molecule has 0 amide bonds. The topological polar surface area (TPSA) is 39.1 Å². The SMILES string of the molecule is CCCCn1cc(C)nc1NC(C)C1CCCO1. The molecular formula is C14H25N3O. The fourth-order valence-corrected chi connectivity index (χ4v) is 2.45. The molecule has 2 unspecified atom stereocenters. The van der Waals surface area contributed by atoms with Gasteiger partial charge in [-0.05, 0) is 33.1 Å². The van der Waals surface area contributed by atoms with Gasteiger partial charge in [-0.15, -0.1) is 0 Å². The lowest BCUT2D eigenvalue weighted by Crippen LogP contribution is -2.31. The van der Waals surface area contributed by atoms with Crippen molar-refractivity contribution in [3.05, 3.63) is 11.9 Å². The third-order valence-corrected chi connectivity index (χ3v) is 3.53. The van der Waals surface area contributed by atoms with Gasteiger partial charge in [-0.25, -0.2) is 4.98 Å². The molecule has 1 aliphatic rings. The maximum atomic E-state index is 5.72. The van der Waals surface area contributed by atoms with Gasteiger partial charge in [0.1, 0.15) is 0 Å². The van der Waals surface area contributed by atoms with Crippen LogP contribution in [0.4, 0.5) is 5.95 Å². The molecule has 2 atom stereocenters. The van der Waals surface area contributed by atoms with Crippen molar-refractivity contribution < 1.29 is 4.74 Å². The summed E-state index contributed by atoms with van der Waals surface area (Å²) in [6.45, 7) is 8.39. The molecule has 0 saturated carbocycles. The van der Waals surface area contributed by atoms with Gasteiger partial charge in [0.25, 0.3) is 0 Å². The zero-order valence-electron chi connectivity index (χ0n) is 11.8. The molecule has 0 aromatic carbocycles. The number of anilines is 1. The molecule has 1 aromatic rings. The average Bonchev–Trinajstić information content (AvgIpc) is 2.96. The molecule has 2 heterocycles. The largest absolute Gasteiger partial charge is 0.376 e. The average molecular weight is 251 g/mol. The lowest BCUT2D eigenvalue weighted by Gasteiger charge is -2.21. The third kappa shape index (κ3) is 3.25. The van der Waals surface area contributed by atoms with E-state index in [1.807, 2.05) is 6.92 Å². The number of ether oxygens (including phenoxy) is 1. The summed E-state index contributed by atoms with van der Waals surface area (Å²) in [5.41, 5.74) is 1.08. The summed E-state index contributed by atoms with van der Waals surface area (Å²) in [4.78, 5) is 4.57. The summed E-state index contributed by atoms with van der Waals surface area (Å²) in [6, 6.07) is 0.328. The Balaban J connectivity index is 1.98. The normalized spacial score (nSPS) is 21.2. The van der Waals surface area contributed by atoms with E-state index in [0.717, 1.165) is 31.2 Å². The van der Waals surface area contributed by atoms with Crippen LogP contribution in [-0.2, 0) is 11.3 Å². The van der Waals surface area contributed by atoms with E-state index in [1.54, 1.807) is 0 Å². The van der Waals surface area contributed by atoms with Crippen LogP contribution in [0.3, 0.4) is 0 Å². The maximum absolute atomic E-state index is 5.72. The van der Waals surface area contributed by atoms with Crippen LogP contribution in [0.15, 0.2) is 6.20 Å². The van der Waals surface area contributed by atoms with Crippen LogP contribution in [-0.4, -0.2) is 28.3 Å². The molecule has 1 N–H and O–H groups in total. The highest BCUT2D eigenvalue weighted by atomic mass is 16.5. The predicted octanol–water partition coefficient (Wildman–Crippen LogP) is 2.97. The van der Waals surface area contributed by atoms with Crippen molar-refractivity contribution in [1.29, 1.82) is 0 Å². The molecule has 1 saturated heterocycles. The van der Waals surface area contributed by atoms with E-state index in [-0.39, 0.29) is 0 Å². The van der Waals surface area contributed by atoms with E-state index in [1.165, 1.54) is 19.3 Å². The standard InChI is InChI=1S/C14H25N3O/c1-4-5-8-17-10-11(2)15-14(17)16-12(3)13-7-6-9-18-13/h10,12-13H,4-9H2,1-3H3,(H,15,16). The lowest BCUT2D eigenvalue weighted by molar-refractivity contribution is 0.0993. The molecule has 1 aromatic heterocycles. The summed E-state index contributed by atoms with van der Waals surface area (Å²) >= 11 is 0. The van der Waals surface area contributed by atoms with Crippen molar-refractivity contribution in [3.63, 3.8) is 0 Å². The van der Waals surface area contributed by atoms with Crippen molar-refractivity contribution in [2.45, 2.75) is 65.1 Å². The second-order valence-corrected chi connectivity index (χ2v) is 5.24. The first-order chi connectivity index (χ1) is 8.70. The van der Waals surface area contributed by atoms with Gasteiger partial charge in [0, 0.05) is 19.3 Å². The zero-order valence-corrected chi connectivity index (χ0v) is 11.8. The molecular weight excluding hydrogens is 226 g/mol. The minimum Gasteiger partial charge on any atom is -0.376 e. The van der Waals surface area contributed by atoms with E-state index in [2.05, 4.69) is 34.9 Å². The minimum atomic E-state index is 0.328. The summed E-state index contributed by atoms with van der Waals surface area (Å²) in [5, 5.41) is 3.51. The van der Waals surface area contributed by atoms with Crippen molar-refractivity contribution in [2.24, 2.45) is 0 Å². The Morgan fingerprint density at radius 3 is 3.11 bits per heavy atom. The Labute approximate surface area is 110 Å². The van der Waals surface area contributed by atoms with Crippen LogP contribution in [0, 0.1) is 6.92 Å². The number of aromatic nitrogens is 2. The molecule has 1 fully saturated rings. The van der Waals surface area contributed by atoms with E-state index in [0.29, 0.717) is 12.1 Å². The van der Waals surface area contributed by atoms with Crippen molar-refractivity contribution in [3.8, 4) is 0 Å². The number of nitrogens with one attached hydrogen (secondary N) is 1. The van der Waals surface area contributed by atoms with Gasteiger partial charge >= 0.3 is 0 Å². The van der Waals surface area contributed by atoms with Crippen LogP contribution in [0.25, 0.3) is 0 Å². The van der Waals surface area contributed by atoms with E-state index in [4.69, 9.17) is 4.74 Å². The highest BCUT2D eigenvalue weighted by molar-refractivity contribution is 5.30. The Kier molecular flexibility index (Phi) is 4.64. The number of hydrogen-bond acceptors (Lipinski definition) is 3. The van der Waals surface area contributed by atoms with Gasteiger partial charge in [0.2, 0.25) is 5.95 Å². The lowest BCUT2D eigenvalue weighted by atomic mass is 10.1. The first kappa shape index (κ1) is 13.4. The number of rotatable bonds is 6. The highest BCUT2D eigenvalue weighted by Gasteiger charge is 2.23.